The fourth-order valence-corrected chi connectivity index (χ4v) is 2.98. The number of rotatable bonds is 4. The van der Waals surface area contributed by atoms with Gasteiger partial charge in [-0.1, -0.05) is 0 Å². The van der Waals surface area contributed by atoms with Gasteiger partial charge in [-0.05, 0) is 18.2 Å². The molecule has 8 nitrogen and oxygen atoms in total. The third kappa shape index (κ3) is 3.14. The Kier molecular flexibility index (Phi) is 3.76. The SMILES string of the molecule is O=S(=O)(Nc1ccc(N2CCOCC2)nc1)c1ccn[nH]1. The fraction of sp³-hybridized carbons (Fsp3) is 0.333. The molecular weight excluding hydrogens is 294 g/mol. The van der Waals surface area contributed by atoms with Crippen LogP contribution in [0.25, 0.3) is 0 Å². The predicted molar refractivity (Wildman–Crippen MR) is 76.7 cm³/mol. The molecule has 1 saturated heterocycles. The van der Waals surface area contributed by atoms with Crippen molar-refractivity contribution in [3.05, 3.63) is 30.6 Å². The molecule has 0 aliphatic carbocycles. The number of nitrogens with one attached hydrogen (secondary N) is 2. The van der Waals surface area contributed by atoms with Crippen LogP contribution in [0.1, 0.15) is 0 Å². The molecule has 3 rings (SSSR count). The van der Waals surface area contributed by atoms with Gasteiger partial charge in [-0.15, -0.1) is 0 Å². The van der Waals surface area contributed by atoms with E-state index in [9.17, 15) is 8.42 Å². The number of H-pyrrole nitrogens is 1. The molecule has 0 unspecified atom stereocenters. The third-order valence-electron chi connectivity index (χ3n) is 3.10. The van der Waals surface area contributed by atoms with Crippen LogP contribution in [0, 0.1) is 0 Å². The third-order valence-corrected chi connectivity index (χ3v) is 4.41. The molecule has 0 amide bonds. The van der Waals surface area contributed by atoms with Crippen LogP contribution in [0.5, 0.6) is 0 Å². The van der Waals surface area contributed by atoms with E-state index in [1.54, 1.807) is 12.1 Å². The second kappa shape index (κ2) is 5.70. The average Bonchev–Trinajstić information content (AvgIpc) is 3.04. The molecule has 2 aromatic rings. The molecule has 0 aromatic carbocycles. The number of hydrogen-bond acceptors (Lipinski definition) is 6. The van der Waals surface area contributed by atoms with Gasteiger partial charge in [0, 0.05) is 13.1 Å². The van der Waals surface area contributed by atoms with E-state index in [1.165, 1.54) is 18.5 Å². The van der Waals surface area contributed by atoms with Gasteiger partial charge < -0.3 is 9.64 Å². The monoisotopic (exact) mass is 309 g/mol. The lowest BCUT2D eigenvalue weighted by molar-refractivity contribution is 0.122. The van der Waals surface area contributed by atoms with Crippen molar-refractivity contribution in [1.82, 2.24) is 15.2 Å². The number of aromatic amines is 1. The molecule has 1 fully saturated rings. The van der Waals surface area contributed by atoms with Crippen molar-refractivity contribution in [2.24, 2.45) is 0 Å². The first-order chi connectivity index (χ1) is 10.1. The molecule has 0 atom stereocenters. The number of pyridine rings is 1. The number of morpholine rings is 1. The van der Waals surface area contributed by atoms with E-state index in [0.717, 1.165) is 18.9 Å². The van der Waals surface area contributed by atoms with Crippen LogP contribution in [0.4, 0.5) is 11.5 Å². The minimum atomic E-state index is -3.65. The van der Waals surface area contributed by atoms with Crippen molar-refractivity contribution >= 4 is 21.5 Å². The summed E-state index contributed by atoms with van der Waals surface area (Å²) in [7, 11) is -3.65. The Morgan fingerprint density at radius 2 is 2.05 bits per heavy atom. The maximum atomic E-state index is 12.0. The first-order valence-electron chi connectivity index (χ1n) is 6.46. The molecule has 112 valence electrons. The molecule has 21 heavy (non-hydrogen) atoms. The zero-order chi connectivity index (χ0) is 14.7. The van der Waals surface area contributed by atoms with Gasteiger partial charge in [0.15, 0.2) is 5.03 Å². The van der Waals surface area contributed by atoms with Crippen LogP contribution in [-0.4, -0.2) is 49.9 Å². The fourth-order valence-electron chi connectivity index (χ4n) is 2.03. The maximum absolute atomic E-state index is 12.0. The van der Waals surface area contributed by atoms with Gasteiger partial charge in [0.25, 0.3) is 10.0 Å². The molecule has 3 heterocycles. The Morgan fingerprint density at radius 3 is 2.67 bits per heavy atom. The zero-order valence-corrected chi connectivity index (χ0v) is 12.0. The van der Waals surface area contributed by atoms with Crippen LogP contribution < -0.4 is 9.62 Å². The molecule has 1 aliphatic heterocycles. The highest BCUT2D eigenvalue weighted by Gasteiger charge is 2.16. The highest BCUT2D eigenvalue weighted by Crippen LogP contribution is 2.17. The van der Waals surface area contributed by atoms with Crippen LogP contribution >= 0.6 is 0 Å². The number of anilines is 2. The quantitative estimate of drug-likeness (QED) is 0.850. The van der Waals surface area contributed by atoms with Gasteiger partial charge in [0.1, 0.15) is 5.82 Å². The lowest BCUT2D eigenvalue weighted by Crippen LogP contribution is -2.36. The van der Waals surface area contributed by atoms with Gasteiger partial charge in [0.2, 0.25) is 0 Å². The Labute approximate surface area is 122 Å². The molecule has 9 heteroatoms. The van der Waals surface area contributed by atoms with E-state index in [0.29, 0.717) is 18.9 Å². The van der Waals surface area contributed by atoms with Gasteiger partial charge in [-0.2, -0.15) is 13.5 Å². The van der Waals surface area contributed by atoms with E-state index in [1.807, 2.05) is 0 Å². The Hall–Kier alpha value is -2.13. The van der Waals surface area contributed by atoms with Crippen molar-refractivity contribution in [2.75, 3.05) is 35.9 Å². The zero-order valence-electron chi connectivity index (χ0n) is 11.2. The predicted octanol–water partition coefficient (Wildman–Crippen LogP) is 0.442. The van der Waals surface area contributed by atoms with Crippen molar-refractivity contribution < 1.29 is 13.2 Å². The van der Waals surface area contributed by atoms with Crippen molar-refractivity contribution in [2.45, 2.75) is 5.03 Å². The molecule has 0 saturated carbocycles. The topological polar surface area (TPSA) is 100 Å². The summed E-state index contributed by atoms with van der Waals surface area (Å²) in [5, 5.41) is 6.06. The van der Waals surface area contributed by atoms with Crippen LogP contribution in [0.2, 0.25) is 0 Å². The summed E-state index contributed by atoms with van der Waals surface area (Å²) in [6.45, 7) is 2.92. The van der Waals surface area contributed by atoms with Gasteiger partial charge in [-0.25, -0.2) is 4.98 Å². The molecule has 0 bridgehead atoms. The smallest absolute Gasteiger partial charge is 0.278 e. The Bertz CT molecular complexity index is 678. The summed E-state index contributed by atoms with van der Waals surface area (Å²) >= 11 is 0. The average molecular weight is 309 g/mol. The molecule has 0 spiro atoms. The number of hydrogen-bond donors (Lipinski definition) is 2. The number of ether oxygens (including phenoxy) is 1. The number of sulfonamides is 1. The first kappa shape index (κ1) is 13.8. The van der Waals surface area contributed by atoms with E-state index in [-0.39, 0.29) is 5.03 Å². The molecule has 2 N–H and O–H groups in total. The summed E-state index contributed by atoms with van der Waals surface area (Å²) < 4.78 is 31.8. The van der Waals surface area contributed by atoms with Crippen molar-refractivity contribution in [3.8, 4) is 0 Å². The summed E-state index contributed by atoms with van der Waals surface area (Å²) in [5.41, 5.74) is 0.404. The summed E-state index contributed by atoms with van der Waals surface area (Å²) in [4.78, 5) is 6.38. The maximum Gasteiger partial charge on any atom is 0.278 e. The second-order valence-electron chi connectivity index (χ2n) is 4.53. The van der Waals surface area contributed by atoms with E-state index >= 15 is 0 Å². The summed E-state index contributed by atoms with van der Waals surface area (Å²) in [6, 6.07) is 4.86. The molecular formula is C12H15N5O3S. The minimum absolute atomic E-state index is 0.0137. The number of aromatic nitrogens is 3. The summed E-state index contributed by atoms with van der Waals surface area (Å²) in [6.07, 6.45) is 2.88. The van der Waals surface area contributed by atoms with E-state index < -0.39 is 10.0 Å². The standard InChI is InChI=1S/C12H15N5O3S/c18-21(19,12-3-4-14-15-12)16-10-1-2-11(13-9-10)17-5-7-20-8-6-17/h1-4,9,16H,5-8H2,(H,14,15). The Balaban J connectivity index is 1.72. The Morgan fingerprint density at radius 1 is 1.24 bits per heavy atom. The lowest BCUT2D eigenvalue weighted by atomic mass is 10.3. The summed E-state index contributed by atoms with van der Waals surface area (Å²) in [5.74, 6) is 0.808. The largest absolute Gasteiger partial charge is 0.378 e. The van der Waals surface area contributed by atoms with E-state index in [2.05, 4.69) is 24.8 Å². The minimum Gasteiger partial charge on any atom is -0.378 e. The lowest BCUT2D eigenvalue weighted by Gasteiger charge is -2.27. The van der Waals surface area contributed by atoms with Gasteiger partial charge in [0.05, 0.1) is 31.3 Å². The number of nitrogens with zero attached hydrogens (tertiary/aromatic N) is 3. The van der Waals surface area contributed by atoms with E-state index in [4.69, 9.17) is 4.74 Å². The van der Waals surface area contributed by atoms with Crippen molar-refractivity contribution in [3.63, 3.8) is 0 Å². The highest BCUT2D eigenvalue weighted by atomic mass is 32.2. The van der Waals surface area contributed by atoms with Crippen LogP contribution in [0.3, 0.4) is 0 Å². The molecule has 1 aliphatic rings. The molecule has 2 aromatic heterocycles. The second-order valence-corrected chi connectivity index (χ2v) is 6.18. The van der Waals surface area contributed by atoms with Gasteiger partial charge in [-0.3, -0.25) is 9.82 Å². The van der Waals surface area contributed by atoms with Crippen LogP contribution in [-0.2, 0) is 14.8 Å². The highest BCUT2D eigenvalue weighted by molar-refractivity contribution is 7.92. The van der Waals surface area contributed by atoms with Crippen molar-refractivity contribution in [1.29, 1.82) is 0 Å². The van der Waals surface area contributed by atoms with Crippen LogP contribution in [0.15, 0.2) is 35.6 Å². The normalized spacial score (nSPS) is 15.9. The molecule has 0 radical (unpaired) electrons. The van der Waals surface area contributed by atoms with Gasteiger partial charge >= 0.3 is 0 Å². The first-order valence-corrected chi connectivity index (χ1v) is 7.94.